The molecule has 1 N–H and O–H groups in total. The van der Waals surface area contributed by atoms with Crippen LogP contribution in [-0.2, 0) is 24.4 Å². The lowest BCUT2D eigenvalue weighted by Gasteiger charge is -2.33. The molecule has 172 valence electrons. The second kappa shape index (κ2) is 8.74. The highest BCUT2D eigenvalue weighted by Crippen LogP contribution is 2.23. The van der Waals surface area contributed by atoms with Gasteiger partial charge in [-0.3, -0.25) is 19.4 Å². The zero-order valence-electron chi connectivity index (χ0n) is 18.3. The highest BCUT2D eigenvalue weighted by atomic mass is 19.1. The first kappa shape index (κ1) is 21.3. The smallest absolute Gasteiger partial charge is 0.291 e. The van der Waals surface area contributed by atoms with E-state index < -0.39 is 18.1 Å². The molecule has 1 saturated heterocycles. The number of fused-ring (bicyclic) bond motifs is 1. The summed E-state index contributed by atoms with van der Waals surface area (Å²) in [6.45, 7) is 2.36. The van der Waals surface area contributed by atoms with E-state index in [0.717, 1.165) is 11.3 Å². The second-order valence-corrected chi connectivity index (χ2v) is 8.47. The van der Waals surface area contributed by atoms with Gasteiger partial charge in [0.2, 0.25) is 5.82 Å². The number of carbonyl (C=O) groups is 2. The van der Waals surface area contributed by atoms with Gasteiger partial charge in [0.1, 0.15) is 24.4 Å². The van der Waals surface area contributed by atoms with E-state index in [0.29, 0.717) is 45.0 Å². The van der Waals surface area contributed by atoms with Gasteiger partial charge in [-0.1, -0.05) is 30.3 Å². The van der Waals surface area contributed by atoms with Crippen LogP contribution in [0.5, 0.6) is 0 Å². The molecular weight excluding hydrogens is 427 g/mol. The van der Waals surface area contributed by atoms with E-state index in [1.165, 1.54) is 11.2 Å². The van der Waals surface area contributed by atoms with E-state index in [1.807, 2.05) is 41.3 Å². The number of hydrogen-bond acceptors (Lipinski definition) is 6. The van der Waals surface area contributed by atoms with E-state index in [1.54, 1.807) is 16.4 Å². The number of likely N-dealkylation sites (tertiary alicyclic amines) is 1. The van der Waals surface area contributed by atoms with Gasteiger partial charge in [-0.15, -0.1) is 5.10 Å². The molecule has 4 heterocycles. The third-order valence-corrected chi connectivity index (χ3v) is 5.94. The van der Waals surface area contributed by atoms with E-state index in [4.69, 9.17) is 0 Å². The number of halogens is 1. The number of rotatable bonds is 6. The van der Waals surface area contributed by atoms with Crippen molar-refractivity contribution >= 4 is 17.6 Å². The summed E-state index contributed by atoms with van der Waals surface area (Å²) in [4.78, 5) is 33.3. The van der Waals surface area contributed by atoms with Crippen molar-refractivity contribution in [3.63, 3.8) is 0 Å². The van der Waals surface area contributed by atoms with Gasteiger partial charge in [-0.2, -0.15) is 5.10 Å². The van der Waals surface area contributed by atoms with Gasteiger partial charge < -0.3 is 5.32 Å². The second-order valence-electron chi connectivity index (χ2n) is 8.47. The van der Waals surface area contributed by atoms with Gasteiger partial charge >= 0.3 is 0 Å². The Labute approximate surface area is 190 Å². The average Bonchev–Trinajstić information content (AvgIpc) is 3.40. The highest BCUT2D eigenvalue weighted by molar-refractivity contribution is 6.00. The summed E-state index contributed by atoms with van der Waals surface area (Å²) in [5.74, 6) is -0.0434. The largest absolute Gasteiger partial charge is 0.337 e. The first-order valence-corrected chi connectivity index (χ1v) is 10.9. The molecule has 0 spiro atoms. The number of aromatic nitrogens is 5. The fourth-order valence-corrected chi connectivity index (χ4v) is 4.16. The fraction of sp³-hybridized carbons (Fsp3) is 0.409. The minimum atomic E-state index is -0.765. The summed E-state index contributed by atoms with van der Waals surface area (Å²) < 4.78 is 16.4. The molecule has 2 amide bonds. The van der Waals surface area contributed by atoms with Crippen LogP contribution in [0.1, 0.15) is 28.3 Å². The molecule has 2 aromatic heterocycles. The molecule has 0 bridgehead atoms. The Morgan fingerprint density at radius 1 is 1.18 bits per heavy atom. The standard InChI is InChI=1S/C22H25FN8O2/c1-28-19-9-17(13-29-11-16(23)12-29)26-31(19)8-7-18(22(28)33)25-21(32)20-24-14-30(27-20)10-15-5-3-2-4-6-15/h2-6,9,14,16,18H,7-8,10-13H2,1H3,(H,25,32)/t18-/m0/s1. The lowest BCUT2D eigenvalue weighted by molar-refractivity contribution is -0.120. The van der Waals surface area contributed by atoms with Crippen molar-refractivity contribution in [2.45, 2.75) is 38.3 Å². The fourth-order valence-electron chi connectivity index (χ4n) is 4.16. The van der Waals surface area contributed by atoms with E-state index >= 15 is 0 Å². The number of anilines is 1. The molecule has 1 atom stereocenters. The quantitative estimate of drug-likeness (QED) is 0.595. The third-order valence-electron chi connectivity index (χ3n) is 5.94. The molecular formula is C22H25FN8O2. The number of alkyl halides is 1. The summed E-state index contributed by atoms with van der Waals surface area (Å²) >= 11 is 0. The summed E-state index contributed by atoms with van der Waals surface area (Å²) in [6.07, 6.45) is 1.13. The van der Waals surface area contributed by atoms with Crippen molar-refractivity contribution in [2.24, 2.45) is 0 Å². The van der Waals surface area contributed by atoms with Crippen LogP contribution in [0.4, 0.5) is 10.2 Å². The Bertz CT molecular complexity index is 1150. The maximum absolute atomic E-state index is 13.1. The van der Waals surface area contributed by atoms with E-state index in [2.05, 4.69) is 20.5 Å². The van der Waals surface area contributed by atoms with Crippen molar-refractivity contribution < 1.29 is 14.0 Å². The number of carbonyl (C=O) groups excluding carboxylic acids is 2. The molecule has 1 fully saturated rings. The Hall–Kier alpha value is -3.60. The maximum atomic E-state index is 13.1. The van der Waals surface area contributed by atoms with Gasteiger partial charge in [0.05, 0.1) is 12.2 Å². The van der Waals surface area contributed by atoms with Gasteiger partial charge in [0, 0.05) is 39.3 Å². The lowest BCUT2D eigenvalue weighted by atomic mass is 10.2. The summed E-state index contributed by atoms with van der Waals surface area (Å²) in [6, 6.07) is 10.9. The van der Waals surface area contributed by atoms with Gasteiger partial charge in [0.15, 0.2) is 0 Å². The molecule has 33 heavy (non-hydrogen) atoms. The number of benzene rings is 1. The van der Waals surface area contributed by atoms with Crippen molar-refractivity contribution in [3.05, 3.63) is 59.8 Å². The Morgan fingerprint density at radius 2 is 1.97 bits per heavy atom. The Balaban J connectivity index is 1.22. The van der Waals surface area contributed by atoms with Crippen molar-refractivity contribution in [2.75, 3.05) is 25.0 Å². The summed E-state index contributed by atoms with van der Waals surface area (Å²) in [5, 5.41) is 11.6. The molecule has 11 heteroatoms. The Morgan fingerprint density at radius 3 is 2.73 bits per heavy atom. The maximum Gasteiger partial charge on any atom is 0.291 e. The molecule has 0 saturated carbocycles. The molecule has 1 aromatic carbocycles. The van der Waals surface area contributed by atoms with Crippen molar-refractivity contribution in [1.29, 1.82) is 0 Å². The van der Waals surface area contributed by atoms with Gasteiger partial charge in [-0.05, 0) is 12.0 Å². The number of nitrogens with zero attached hydrogens (tertiary/aromatic N) is 7. The zero-order valence-corrected chi connectivity index (χ0v) is 18.3. The molecule has 0 unspecified atom stereocenters. The molecule has 2 aliphatic heterocycles. The van der Waals surface area contributed by atoms with Gasteiger partial charge in [0.25, 0.3) is 11.8 Å². The van der Waals surface area contributed by atoms with Crippen molar-refractivity contribution in [1.82, 2.24) is 34.8 Å². The monoisotopic (exact) mass is 452 g/mol. The molecule has 10 nitrogen and oxygen atoms in total. The molecule has 0 aliphatic carbocycles. The lowest BCUT2D eigenvalue weighted by Crippen LogP contribution is -2.47. The van der Waals surface area contributed by atoms with E-state index in [-0.39, 0.29) is 11.7 Å². The zero-order chi connectivity index (χ0) is 22.9. The number of likely N-dealkylation sites (N-methyl/N-ethyl adjacent to an activating group) is 1. The van der Waals surface area contributed by atoms with Gasteiger partial charge in [-0.25, -0.2) is 18.7 Å². The molecule has 3 aromatic rings. The minimum Gasteiger partial charge on any atom is -0.337 e. The number of hydrogen-bond donors (Lipinski definition) is 1. The average molecular weight is 452 g/mol. The van der Waals surface area contributed by atoms with Crippen LogP contribution in [0.3, 0.4) is 0 Å². The van der Waals surface area contributed by atoms with Crippen LogP contribution in [0.15, 0.2) is 42.7 Å². The molecule has 2 aliphatic rings. The normalized spacial score (nSPS) is 19.2. The summed E-state index contributed by atoms with van der Waals surface area (Å²) in [5.41, 5.74) is 1.84. The van der Waals surface area contributed by atoms with E-state index in [9.17, 15) is 14.0 Å². The third kappa shape index (κ3) is 4.49. The number of aryl methyl sites for hydroxylation is 1. The van der Waals surface area contributed by atoms with Crippen LogP contribution in [0.2, 0.25) is 0 Å². The van der Waals surface area contributed by atoms with Crippen LogP contribution in [0, 0.1) is 0 Å². The highest BCUT2D eigenvalue weighted by Gasteiger charge is 2.32. The van der Waals surface area contributed by atoms with Crippen LogP contribution >= 0.6 is 0 Å². The summed E-state index contributed by atoms with van der Waals surface area (Å²) in [7, 11) is 1.66. The first-order valence-electron chi connectivity index (χ1n) is 10.9. The Kier molecular flexibility index (Phi) is 5.63. The van der Waals surface area contributed by atoms with Crippen LogP contribution < -0.4 is 10.2 Å². The molecule has 5 rings (SSSR count). The predicted octanol–water partition coefficient (Wildman–Crippen LogP) is 0.842. The predicted molar refractivity (Wildman–Crippen MR) is 117 cm³/mol. The number of nitrogens with one attached hydrogen (secondary N) is 1. The molecule has 0 radical (unpaired) electrons. The topological polar surface area (TPSA) is 101 Å². The SMILES string of the molecule is CN1C(=O)[C@@H](NC(=O)c2ncn(Cc3ccccc3)n2)CCn2nc(CN3CC(F)C3)cc21. The minimum absolute atomic E-state index is 0.0198. The first-order chi connectivity index (χ1) is 16.0. The van der Waals surface area contributed by atoms with Crippen LogP contribution in [-0.4, -0.2) is 73.6 Å². The van der Waals surface area contributed by atoms with Crippen LogP contribution in [0.25, 0.3) is 0 Å². The number of amides is 2. The van der Waals surface area contributed by atoms with Crippen molar-refractivity contribution in [3.8, 4) is 0 Å².